The van der Waals surface area contributed by atoms with Gasteiger partial charge in [0.1, 0.15) is 11.5 Å². The van der Waals surface area contributed by atoms with Crippen LogP contribution < -0.4 is 5.32 Å². The van der Waals surface area contributed by atoms with E-state index < -0.39 is 5.97 Å². The van der Waals surface area contributed by atoms with E-state index in [9.17, 15) is 19.8 Å². The van der Waals surface area contributed by atoms with Crippen LogP contribution in [0.5, 0.6) is 11.5 Å². The smallest absolute Gasteiger partial charge is 0.335 e. The number of nitrogens with one attached hydrogen (secondary N) is 1. The molecule has 0 fully saturated rings. The molecule has 4 N–H and O–H groups in total. The molecule has 0 spiro atoms. The number of carboxylic acids is 1. The molecule has 0 aliphatic heterocycles. The van der Waals surface area contributed by atoms with Crippen molar-refractivity contribution < 1.29 is 24.9 Å². The molecule has 4 aromatic carbocycles. The van der Waals surface area contributed by atoms with Crippen LogP contribution in [0, 0.1) is 3.57 Å². The van der Waals surface area contributed by atoms with E-state index in [0.717, 1.165) is 14.7 Å². The maximum absolute atomic E-state index is 12.7. The summed E-state index contributed by atoms with van der Waals surface area (Å²) >= 11 is 2.22. The van der Waals surface area contributed by atoms with E-state index in [1.165, 1.54) is 12.1 Å². The summed E-state index contributed by atoms with van der Waals surface area (Å²) in [4.78, 5) is 23.7. The predicted octanol–water partition coefficient (Wildman–Crippen LogP) is 5.07. The molecular weight excluding hydrogens is 533 g/mol. The highest BCUT2D eigenvalue weighted by Gasteiger charge is 2.16. The third-order valence-electron chi connectivity index (χ3n) is 5.41. The number of amides is 1. The maximum Gasteiger partial charge on any atom is 0.335 e. The van der Waals surface area contributed by atoms with Gasteiger partial charge in [-0.3, -0.25) is 4.79 Å². The topological polar surface area (TPSA) is 107 Å². The molecule has 0 atom stereocenters. The van der Waals surface area contributed by atoms with Crippen molar-refractivity contribution in [3.05, 3.63) is 104 Å². The Morgan fingerprint density at radius 1 is 0.818 bits per heavy atom. The first-order valence-electron chi connectivity index (χ1n) is 10.1. The second kappa shape index (κ2) is 9.50. The third-order valence-corrected chi connectivity index (χ3v) is 6.13. The van der Waals surface area contributed by atoms with E-state index in [4.69, 9.17) is 5.11 Å². The van der Waals surface area contributed by atoms with E-state index in [1.807, 2.05) is 24.3 Å². The Kier molecular flexibility index (Phi) is 6.50. The van der Waals surface area contributed by atoms with Crippen molar-refractivity contribution >= 4 is 45.2 Å². The fourth-order valence-corrected chi connectivity index (χ4v) is 3.94. The normalized spacial score (nSPS) is 10.8. The highest BCUT2D eigenvalue weighted by Crippen LogP contribution is 2.37. The largest absolute Gasteiger partial charge is 0.507 e. The zero-order valence-electron chi connectivity index (χ0n) is 17.4. The monoisotopic (exact) mass is 553 g/mol. The van der Waals surface area contributed by atoms with Crippen LogP contribution in [0.25, 0.3) is 10.8 Å². The van der Waals surface area contributed by atoms with Crippen LogP contribution in [0.15, 0.2) is 72.8 Å². The third kappa shape index (κ3) is 5.09. The quantitative estimate of drug-likeness (QED) is 0.250. The molecule has 1 amide bonds. The zero-order valence-corrected chi connectivity index (χ0v) is 19.5. The highest BCUT2D eigenvalue weighted by atomic mass is 127. The number of aromatic hydroxyl groups is 2. The highest BCUT2D eigenvalue weighted by molar-refractivity contribution is 14.1. The number of rotatable bonds is 6. The molecule has 4 aromatic rings. The van der Waals surface area contributed by atoms with Crippen LogP contribution in [0.1, 0.15) is 37.4 Å². The van der Waals surface area contributed by atoms with Gasteiger partial charge in [-0.2, -0.15) is 0 Å². The number of fused-ring (bicyclic) bond motifs is 1. The molecule has 166 valence electrons. The molecule has 0 aliphatic carbocycles. The lowest BCUT2D eigenvalue weighted by atomic mass is 9.96. The van der Waals surface area contributed by atoms with Crippen LogP contribution >= 0.6 is 22.6 Å². The first-order chi connectivity index (χ1) is 15.8. The number of carbonyl (C=O) groups excluding carboxylic acids is 1. The summed E-state index contributed by atoms with van der Waals surface area (Å²) in [7, 11) is 0. The van der Waals surface area contributed by atoms with E-state index >= 15 is 0 Å². The number of phenolic OH excluding ortho intramolecular Hbond substituents is 2. The average Bonchev–Trinajstić information content (AvgIpc) is 2.81. The van der Waals surface area contributed by atoms with Crippen LogP contribution in [-0.4, -0.2) is 27.2 Å². The van der Waals surface area contributed by atoms with Crippen molar-refractivity contribution in [2.24, 2.45) is 0 Å². The van der Waals surface area contributed by atoms with Gasteiger partial charge in [0.15, 0.2) is 0 Å². The number of benzene rings is 4. The fourth-order valence-electron chi connectivity index (χ4n) is 3.58. The zero-order chi connectivity index (χ0) is 23.5. The number of phenols is 2. The van der Waals surface area contributed by atoms with Gasteiger partial charge >= 0.3 is 5.97 Å². The molecule has 0 radical (unpaired) electrons. The van der Waals surface area contributed by atoms with Gasteiger partial charge in [0.2, 0.25) is 0 Å². The molecule has 0 saturated heterocycles. The molecule has 0 aliphatic rings. The molecule has 0 unspecified atom stereocenters. The minimum absolute atomic E-state index is 0.0711. The Morgan fingerprint density at radius 3 is 2.12 bits per heavy atom. The van der Waals surface area contributed by atoms with Gasteiger partial charge in [-0.25, -0.2) is 4.79 Å². The van der Waals surface area contributed by atoms with Crippen LogP contribution in [0.4, 0.5) is 0 Å². The molecule has 0 saturated carbocycles. The van der Waals surface area contributed by atoms with Gasteiger partial charge < -0.3 is 20.6 Å². The van der Waals surface area contributed by atoms with Crippen molar-refractivity contribution in [1.82, 2.24) is 5.32 Å². The lowest BCUT2D eigenvalue weighted by molar-refractivity contribution is 0.0696. The van der Waals surface area contributed by atoms with Crippen molar-refractivity contribution in [3.8, 4) is 11.5 Å². The number of carboxylic acid groups (broad SMARTS) is 1. The lowest BCUT2D eigenvalue weighted by Gasteiger charge is -2.12. The van der Waals surface area contributed by atoms with Gasteiger partial charge in [-0.05, 0) is 81.6 Å². The second-order valence-corrected chi connectivity index (χ2v) is 8.89. The van der Waals surface area contributed by atoms with E-state index in [1.54, 1.807) is 36.4 Å². The minimum Gasteiger partial charge on any atom is -0.507 e. The number of hydrogen-bond acceptors (Lipinski definition) is 4. The summed E-state index contributed by atoms with van der Waals surface area (Å²) in [5.41, 5.74) is 2.57. The molecule has 0 aromatic heterocycles. The van der Waals surface area contributed by atoms with E-state index in [2.05, 4.69) is 27.9 Å². The molecule has 6 nitrogen and oxygen atoms in total. The van der Waals surface area contributed by atoms with Crippen molar-refractivity contribution in [1.29, 1.82) is 0 Å². The summed E-state index contributed by atoms with van der Waals surface area (Å²) in [6, 6.07) is 20.5. The van der Waals surface area contributed by atoms with Gasteiger partial charge in [-0.15, -0.1) is 0 Å². The Morgan fingerprint density at radius 2 is 1.45 bits per heavy atom. The van der Waals surface area contributed by atoms with Crippen molar-refractivity contribution in [2.45, 2.75) is 13.0 Å². The van der Waals surface area contributed by atoms with Crippen LogP contribution in [-0.2, 0) is 13.0 Å². The average molecular weight is 553 g/mol. The SMILES string of the molecule is O=C(O)c1ccc(Cc2c(O)cc3ccc(C(=O)NCc4ccc(I)cc4)cc3c2O)cc1. The number of hydrogen-bond donors (Lipinski definition) is 4. The first-order valence-corrected chi connectivity index (χ1v) is 11.2. The maximum atomic E-state index is 12.7. The summed E-state index contributed by atoms with van der Waals surface area (Å²) in [6.07, 6.45) is 0.205. The van der Waals surface area contributed by atoms with Gasteiger partial charge in [0.05, 0.1) is 5.56 Å². The minimum atomic E-state index is -1.02. The van der Waals surface area contributed by atoms with Crippen LogP contribution in [0.2, 0.25) is 0 Å². The number of carbonyl (C=O) groups is 2. The summed E-state index contributed by atoms with van der Waals surface area (Å²) in [6.45, 7) is 0.382. The molecule has 7 heteroatoms. The van der Waals surface area contributed by atoms with Crippen LogP contribution in [0.3, 0.4) is 0 Å². The fraction of sp³-hybridized carbons (Fsp3) is 0.0769. The van der Waals surface area contributed by atoms with Gasteiger partial charge in [-0.1, -0.05) is 30.3 Å². The van der Waals surface area contributed by atoms with Gasteiger partial charge in [0.25, 0.3) is 5.91 Å². The number of aromatic carboxylic acids is 1. The summed E-state index contributed by atoms with van der Waals surface area (Å²) < 4.78 is 1.12. The van der Waals surface area contributed by atoms with Crippen molar-refractivity contribution in [3.63, 3.8) is 0 Å². The molecular formula is C26H20INO5. The Labute approximate surface area is 203 Å². The van der Waals surface area contributed by atoms with E-state index in [0.29, 0.717) is 28.4 Å². The first kappa shape index (κ1) is 22.6. The molecule has 0 bridgehead atoms. The Balaban J connectivity index is 1.59. The van der Waals surface area contributed by atoms with Crippen molar-refractivity contribution in [2.75, 3.05) is 0 Å². The Hall–Kier alpha value is -3.59. The summed E-state index contributed by atoms with van der Waals surface area (Å²) in [5.74, 6) is -1.47. The standard InChI is InChI=1S/C26H20INO5/c27-20-9-3-16(4-10-20)14-28-25(31)19-8-7-18-13-23(29)22(24(30)21(18)12-19)11-15-1-5-17(6-2-15)26(32)33/h1-10,12-13,29-30H,11,14H2,(H,28,31)(H,32,33). The lowest BCUT2D eigenvalue weighted by Crippen LogP contribution is -2.22. The number of halogens is 1. The van der Waals surface area contributed by atoms with E-state index in [-0.39, 0.29) is 29.4 Å². The Bertz CT molecular complexity index is 1350. The second-order valence-electron chi connectivity index (χ2n) is 7.65. The predicted molar refractivity (Wildman–Crippen MR) is 134 cm³/mol. The molecule has 33 heavy (non-hydrogen) atoms. The van der Waals surface area contributed by atoms with Gasteiger partial charge in [0, 0.05) is 33.0 Å². The molecule has 0 heterocycles. The molecule has 4 rings (SSSR count). The summed E-state index contributed by atoms with van der Waals surface area (Å²) in [5, 5.41) is 34.3.